The van der Waals surface area contributed by atoms with Crippen LogP contribution in [-0.4, -0.2) is 5.17 Å². The molecule has 0 aliphatic heterocycles. The molecule has 0 saturated heterocycles. The molecule has 0 spiro atoms. The summed E-state index contributed by atoms with van der Waals surface area (Å²) in [6.07, 6.45) is 0. The van der Waals surface area contributed by atoms with Crippen molar-refractivity contribution in [2.45, 2.75) is 0 Å². The van der Waals surface area contributed by atoms with Crippen LogP contribution in [0.25, 0.3) is 0 Å². The van der Waals surface area contributed by atoms with Crippen molar-refractivity contribution in [3.8, 4) is 0 Å². The van der Waals surface area contributed by atoms with Crippen LogP contribution in [0.4, 0.5) is 0 Å². The summed E-state index contributed by atoms with van der Waals surface area (Å²) in [5, 5.41) is 12.5. The van der Waals surface area contributed by atoms with Crippen molar-refractivity contribution < 1.29 is 0 Å². The second kappa shape index (κ2) is 18.4. The molecule has 248 valence electrons. The van der Waals surface area contributed by atoms with Crippen molar-refractivity contribution in [3.05, 3.63) is 255 Å². The van der Waals surface area contributed by atoms with Crippen molar-refractivity contribution >= 4 is 50.8 Å². The van der Waals surface area contributed by atoms with Crippen LogP contribution in [0.15, 0.2) is 255 Å². The Bertz CT molecular complexity index is 1830. The lowest BCUT2D eigenvalue weighted by molar-refractivity contribution is 1.72. The molecule has 0 aromatic heterocycles. The monoisotopic (exact) mass is 692 g/mol. The lowest BCUT2D eigenvalue weighted by Crippen LogP contribution is -2.30. The van der Waals surface area contributed by atoms with Crippen LogP contribution in [0.1, 0.15) is 0 Å². The Hall–Kier alpha value is -5.60. The van der Waals surface area contributed by atoms with Crippen LogP contribution < -0.4 is 31.8 Å². The average Bonchev–Trinajstić information content (AvgIpc) is 3.25. The van der Waals surface area contributed by atoms with E-state index in [2.05, 4.69) is 187 Å². The van der Waals surface area contributed by atoms with Crippen LogP contribution in [0.3, 0.4) is 0 Å². The van der Waals surface area contributed by atoms with Crippen LogP contribution >= 0.6 is 13.8 Å². The Labute approximate surface area is 304 Å². The van der Waals surface area contributed by atoms with E-state index in [1.165, 1.54) is 31.8 Å². The molecule has 8 rings (SSSR count). The van der Waals surface area contributed by atoms with Gasteiger partial charge in [0.15, 0.2) is 0 Å². The van der Waals surface area contributed by atoms with Gasteiger partial charge < -0.3 is 0 Å². The number of rotatable bonds is 6. The fourth-order valence-electron chi connectivity index (χ4n) is 6.15. The van der Waals surface area contributed by atoms with E-state index in [0.29, 0.717) is 0 Å². The molecule has 8 aromatic rings. The minimum absolute atomic E-state index is 1.31. The van der Waals surface area contributed by atoms with E-state index in [-0.39, 0.29) is 0 Å². The van der Waals surface area contributed by atoms with Gasteiger partial charge in [-0.15, -0.1) is 5.17 Å². The van der Waals surface area contributed by atoms with Crippen molar-refractivity contribution in [3.63, 3.8) is 0 Å². The summed E-state index contributed by atoms with van der Waals surface area (Å²) in [6, 6.07) is 90.4. The fraction of sp³-hybridized carbons (Fsp3) is 0. The summed E-state index contributed by atoms with van der Waals surface area (Å²) in [7, 11) is 0. The van der Waals surface area contributed by atoms with E-state index in [1.54, 1.807) is 0 Å². The SMILES string of the molecule is C(=P(c1ccccc1)(c1ccccc1)c1ccccc1)=P(c1ccccc1)(c1ccccc1)c1ccccc1.c1ccccc1.c1ccccc1. The Morgan fingerprint density at radius 3 is 0.431 bits per heavy atom. The highest BCUT2D eigenvalue weighted by atomic mass is 31.2. The van der Waals surface area contributed by atoms with Gasteiger partial charge in [-0.05, 0) is 31.8 Å². The Morgan fingerprint density at radius 1 is 0.176 bits per heavy atom. The number of benzene rings is 8. The predicted molar refractivity (Wildman–Crippen MR) is 228 cm³/mol. The first-order valence-corrected chi connectivity index (χ1v) is 20.8. The molecule has 0 fully saturated rings. The van der Waals surface area contributed by atoms with E-state index in [1.807, 2.05) is 72.8 Å². The molecule has 0 unspecified atom stereocenters. The van der Waals surface area contributed by atoms with Gasteiger partial charge >= 0.3 is 0 Å². The van der Waals surface area contributed by atoms with Crippen molar-refractivity contribution in [1.82, 2.24) is 0 Å². The van der Waals surface area contributed by atoms with Crippen molar-refractivity contribution in [1.29, 1.82) is 0 Å². The Morgan fingerprint density at radius 2 is 0.294 bits per heavy atom. The summed E-state index contributed by atoms with van der Waals surface area (Å²) in [4.78, 5) is 0. The van der Waals surface area contributed by atoms with Crippen LogP contribution in [0, 0.1) is 0 Å². The molecule has 0 aliphatic rings. The van der Waals surface area contributed by atoms with E-state index in [4.69, 9.17) is 0 Å². The molecule has 0 saturated carbocycles. The molecule has 0 amide bonds. The normalized spacial score (nSPS) is 10.7. The molecule has 0 atom stereocenters. The molecule has 0 bridgehead atoms. The molecule has 8 aromatic carbocycles. The van der Waals surface area contributed by atoms with E-state index >= 15 is 0 Å². The molecule has 0 N–H and O–H groups in total. The summed E-state index contributed by atoms with van der Waals surface area (Å²) in [5.41, 5.74) is 0. The topological polar surface area (TPSA) is 0 Å². The van der Waals surface area contributed by atoms with Crippen molar-refractivity contribution in [2.24, 2.45) is 0 Å². The van der Waals surface area contributed by atoms with Crippen LogP contribution in [0.2, 0.25) is 0 Å². The lowest BCUT2D eigenvalue weighted by Gasteiger charge is -2.32. The Kier molecular flexibility index (Phi) is 12.7. The van der Waals surface area contributed by atoms with Gasteiger partial charge in [0.05, 0.1) is 0 Å². The highest BCUT2D eigenvalue weighted by Gasteiger charge is 2.31. The predicted octanol–water partition coefficient (Wildman–Crippen LogP) is 9.98. The summed E-state index contributed by atoms with van der Waals surface area (Å²) >= 11 is 0. The molecule has 0 radical (unpaired) electrons. The minimum atomic E-state index is -2.37. The maximum absolute atomic E-state index is 4.60. The fourth-order valence-corrected chi connectivity index (χ4v) is 16.2. The van der Waals surface area contributed by atoms with Gasteiger partial charge in [0, 0.05) is 13.8 Å². The highest BCUT2D eigenvalue weighted by molar-refractivity contribution is 8.06. The standard InChI is InChI=1S/C37H30P2.2C6H6/c1-7-19-32(20-8-1)38(33-21-9-2-10-22-33,34-23-11-3-12-24-34)31-39(35-25-13-4-14-26-35,36-27-15-5-16-28-36)37-29-17-6-18-30-37;2*1-2-4-6-5-3-1/h1-30H;2*1-6H. The average molecular weight is 693 g/mol. The molecule has 0 aliphatic carbocycles. The van der Waals surface area contributed by atoms with E-state index in [0.717, 1.165) is 0 Å². The number of hydrogen-bond donors (Lipinski definition) is 0. The van der Waals surface area contributed by atoms with Gasteiger partial charge in [-0.1, -0.05) is 255 Å². The third kappa shape index (κ3) is 8.59. The summed E-state index contributed by atoms with van der Waals surface area (Å²) in [6.45, 7) is -4.74. The molecule has 0 heterocycles. The Balaban J connectivity index is 0.000000315. The summed E-state index contributed by atoms with van der Waals surface area (Å²) in [5.74, 6) is 0. The lowest BCUT2D eigenvalue weighted by atomic mass is 10.4. The van der Waals surface area contributed by atoms with Gasteiger partial charge in [0.2, 0.25) is 0 Å². The third-order valence-corrected chi connectivity index (χ3v) is 17.3. The molecule has 2 heteroatoms. The van der Waals surface area contributed by atoms with Crippen LogP contribution in [0.5, 0.6) is 0 Å². The van der Waals surface area contributed by atoms with E-state index in [9.17, 15) is 0 Å². The number of hydrogen-bond acceptors (Lipinski definition) is 0. The second-order valence-corrected chi connectivity index (χ2v) is 18.3. The quantitative estimate of drug-likeness (QED) is 0.152. The smallest absolute Gasteiger partial charge is 0.0175 e. The maximum atomic E-state index is 4.60. The van der Waals surface area contributed by atoms with Gasteiger partial charge in [0.25, 0.3) is 0 Å². The first-order chi connectivity index (χ1) is 25.3. The van der Waals surface area contributed by atoms with Crippen molar-refractivity contribution in [2.75, 3.05) is 0 Å². The zero-order chi connectivity index (χ0) is 34.9. The third-order valence-electron chi connectivity index (χ3n) is 8.49. The molecular formula is C49H42P2. The van der Waals surface area contributed by atoms with Gasteiger partial charge in [-0.3, -0.25) is 0 Å². The summed E-state index contributed by atoms with van der Waals surface area (Å²) < 4.78 is 0. The first kappa shape index (κ1) is 35.2. The largest absolute Gasteiger partial charge is 0.105 e. The van der Waals surface area contributed by atoms with Gasteiger partial charge in [-0.25, -0.2) is 0 Å². The van der Waals surface area contributed by atoms with Gasteiger partial charge in [0.1, 0.15) is 0 Å². The zero-order valence-electron chi connectivity index (χ0n) is 28.6. The highest BCUT2D eigenvalue weighted by Crippen LogP contribution is 2.51. The zero-order valence-corrected chi connectivity index (χ0v) is 30.4. The van der Waals surface area contributed by atoms with E-state index < -0.39 is 13.8 Å². The molecular weight excluding hydrogens is 650 g/mol. The molecule has 51 heavy (non-hydrogen) atoms. The van der Waals surface area contributed by atoms with Crippen LogP contribution in [-0.2, 0) is 0 Å². The molecule has 0 nitrogen and oxygen atoms in total. The maximum Gasteiger partial charge on any atom is 0.0175 e. The minimum Gasteiger partial charge on any atom is -0.105 e. The van der Waals surface area contributed by atoms with Gasteiger partial charge in [-0.2, -0.15) is 0 Å². The second-order valence-electron chi connectivity index (χ2n) is 11.8. The first-order valence-electron chi connectivity index (χ1n) is 17.3.